The Balaban J connectivity index is 2.08. The van der Waals surface area contributed by atoms with E-state index in [-0.39, 0.29) is 11.5 Å². The van der Waals surface area contributed by atoms with Crippen LogP contribution in [0.15, 0.2) is 30.3 Å². The van der Waals surface area contributed by atoms with E-state index in [4.69, 9.17) is 10.00 Å². The average Bonchev–Trinajstić information content (AvgIpc) is 2.59. The monoisotopic (exact) mass is 342 g/mol. The highest BCUT2D eigenvalue weighted by Crippen LogP contribution is 2.36. The predicted octanol–water partition coefficient (Wildman–Crippen LogP) is 3.81. The van der Waals surface area contributed by atoms with Gasteiger partial charge in [0, 0.05) is 26.6 Å². The summed E-state index contributed by atoms with van der Waals surface area (Å²) in [7, 11) is 1.80. The van der Waals surface area contributed by atoms with Crippen molar-refractivity contribution in [2.45, 2.75) is 51.6 Å². The van der Waals surface area contributed by atoms with Gasteiger partial charge in [-0.15, -0.1) is 0 Å². The number of carbonyl (C=O) groups is 1. The number of amides is 1. The number of nitriles is 1. The van der Waals surface area contributed by atoms with Crippen molar-refractivity contribution < 1.29 is 9.53 Å². The van der Waals surface area contributed by atoms with E-state index in [1.165, 1.54) is 5.56 Å². The minimum Gasteiger partial charge on any atom is -0.376 e. The topological polar surface area (TPSA) is 53.3 Å². The van der Waals surface area contributed by atoms with Crippen molar-refractivity contribution in [3.05, 3.63) is 35.9 Å². The number of rotatable bonds is 7. The molecule has 0 bridgehead atoms. The van der Waals surface area contributed by atoms with Crippen molar-refractivity contribution in [3.8, 4) is 6.07 Å². The summed E-state index contributed by atoms with van der Waals surface area (Å²) in [6.07, 6.45) is 3.84. The summed E-state index contributed by atoms with van der Waals surface area (Å²) in [6, 6.07) is 12.5. The third-order valence-electron chi connectivity index (χ3n) is 5.16. The SMILES string of the molecule is CN(CCC#N)C(=O)C[C@H](Cc1ccccc1)[C@H]1CCOC(C)(C)C1. The highest BCUT2D eigenvalue weighted by Gasteiger charge is 2.34. The van der Waals surface area contributed by atoms with E-state index in [0.29, 0.717) is 31.2 Å². The lowest BCUT2D eigenvalue weighted by atomic mass is 9.75. The van der Waals surface area contributed by atoms with Crippen LogP contribution < -0.4 is 0 Å². The lowest BCUT2D eigenvalue weighted by Gasteiger charge is -2.39. The molecule has 25 heavy (non-hydrogen) atoms. The van der Waals surface area contributed by atoms with Crippen LogP contribution in [0.3, 0.4) is 0 Å². The van der Waals surface area contributed by atoms with Crippen molar-refractivity contribution in [2.75, 3.05) is 20.2 Å². The Morgan fingerprint density at radius 2 is 2.12 bits per heavy atom. The largest absolute Gasteiger partial charge is 0.376 e. The van der Waals surface area contributed by atoms with E-state index < -0.39 is 0 Å². The van der Waals surface area contributed by atoms with E-state index >= 15 is 0 Å². The number of hydrogen-bond acceptors (Lipinski definition) is 3. The molecule has 1 heterocycles. The van der Waals surface area contributed by atoms with E-state index in [0.717, 1.165) is 25.9 Å². The summed E-state index contributed by atoms with van der Waals surface area (Å²) < 4.78 is 5.87. The molecule has 4 nitrogen and oxygen atoms in total. The summed E-state index contributed by atoms with van der Waals surface area (Å²) in [5.41, 5.74) is 1.16. The molecule has 1 amide bonds. The molecule has 2 atom stereocenters. The standard InChI is InChI=1S/C21H30N2O2/c1-21(2)16-18(10-13-25-21)19(14-17-8-5-4-6-9-17)15-20(24)23(3)12-7-11-22/h4-6,8-9,18-19H,7,10,12-16H2,1-3H3/t18-,19-/m0/s1. The van der Waals surface area contributed by atoms with E-state index in [2.05, 4.69) is 44.2 Å². The molecule has 1 aliphatic rings. The second-order valence-electron chi connectivity index (χ2n) is 7.74. The first-order chi connectivity index (χ1) is 11.9. The zero-order valence-corrected chi connectivity index (χ0v) is 15.7. The quantitative estimate of drug-likeness (QED) is 0.757. The molecule has 0 aromatic heterocycles. The molecular formula is C21H30N2O2. The van der Waals surface area contributed by atoms with Crippen LogP contribution in [-0.4, -0.2) is 36.6 Å². The fourth-order valence-electron chi connectivity index (χ4n) is 3.73. The molecule has 1 aliphatic heterocycles. The Morgan fingerprint density at radius 1 is 1.40 bits per heavy atom. The zero-order chi connectivity index (χ0) is 18.3. The Hall–Kier alpha value is -1.86. The molecule has 1 aromatic carbocycles. The van der Waals surface area contributed by atoms with Gasteiger partial charge >= 0.3 is 0 Å². The molecule has 2 rings (SSSR count). The van der Waals surface area contributed by atoms with Crippen molar-refractivity contribution in [1.29, 1.82) is 5.26 Å². The Labute approximate surface area is 151 Å². The Bertz CT molecular complexity index is 592. The van der Waals surface area contributed by atoms with Gasteiger partial charge in [0.25, 0.3) is 0 Å². The fourth-order valence-corrected chi connectivity index (χ4v) is 3.73. The minimum absolute atomic E-state index is 0.117. The first-order valence-corrected chi connectivity index (χ1v) is 9.20. The molecule has 1 aromatic rings. The van der Waals surface area contributed by atoms with Crippen molar-refractivity contribution >= 4 is 5.91 Å². The second-order valence-corrected chi connectivity index (χ2v) is 7.74. The number of ether oxygens (including phenoxy) is 1. The van der Waals surface area contributed by atoms with Crippen molar-refractivity contribution in [3.63, 3.8) is 0 Å². The van der Waals surface area contributed by atoms with Crippen LogP contribution in [0.4, 0.5) is 0 Å². The number of nitrogens with zero attached hydrogens (tertiary/aromatic N) is 2. The summed E-state index contributed by atoms with van der Waals surface area (Å²) in [4.78, 5) is 14.3. The third kappa shape index (κ3) is 6.17. The Kier molecular flexibility index (Phi) is 7.01. The molecule has 136 valence electrons. The van der Waals surface area contributed by atoms with E-state index in [1.54, 1.807) is 11.9 Å². The van der Waals surface area contributed by atoms with E-state index in [1.807, 2.05) is 6.07 Å². The van der Waals surface area contributed by atoms with Gasteiger partial charge in [0.05, 0.1) is 18.1 Å². The van der Waals surface area contributed by atoms with Crippen LogP contribution in [0.25, 0.3) is 0 Å². The summed E-state index contributed by atoms with van der Waals surface area (Å²) >= 11 is 0. The number of benzene rings is 1. The molecule has 0 aliphatic carbocycles. The number of hydrogen-bond donors (Lipinski definition) is 0. The van der Waals surface area contributed by atoms with Gasteiger partial charge in [-0.05, 0) is 50.5 Å². The lowest BCUT2D eigenvalue weighted by Crippen LogP contribution is -2.39. The predicted molar refractivity (Wildman–Crippen MR) is 98.9 cm³/mol. The molecule has 0 saturated carbocycles. The van der Waals surface area contributed by atoms with Crippen molar-refractivity contribution in [1.82, 2.24) is 4.90 Å². The second kappa shape index (κ2) is 9.01. The molecule has 0 radical (unpaired) electrons. The van der Waals surface area contributed by atoms with Gasteiger partial charge in [-0.3, -0.25) is 4.79 Å². The van der Waals surface area contributed by atoms with Crippen LogP contribution >= 0.6 is 0 Å². The van der Waals surface area contributed by atoms with E-state index in [9.17, 15) is 4.79 Å². The highest BCUT2D eigenvalue weighted by molar-refractivity contribution is 5.76. The molecule has 0 spiro atoms. The van der Waals surface area contributed by atoms with Gasteiger partial charge in [-0.25, -0.2) is 0 Å². The molecule has 1 fully saturated rings. The van der Waals surface area contributed by atoms with Gasteiger partial charge in [-0.1, -0.05) is 30.3 Å². The summed E-state index contributed by atoms with van der Waals surface area (Å²) in [6.45, 7) is 5.55. The maximum atomic E-state index is 12.6. The first-order valence-electron chi connectivity index (χ1n) is 9.20. The third-order valence-corrected chi connectivity index (χ3v) is 5.16. The minimum atomic E-state index is -0.117. The van der Waals surface area contributed by atoms with Crippen molar-refractivity contribution in [2.24, 2.45) is 11.8 Å². The van der Waals surface area contributed by atoms with Gasteiger partial charge in [-0.2, -0.15) is 5.26 Å². The van der Waals surface area contributed by atoms with Gasteiger partial charge in [0.1, 0.15) is 0 Å². The van der Waals surface area contributed by atoms with Gasteiger partial charge < -0.3 is 9.64 Å². The maximum Gasteiger partial charge on any atom is 0.222 e. The van der Waals surface area contributed by atoms with Crippen LogP contribution in [0.2, 0.25) is 0 Å². The molecule has 0 N–H and O–H groups in total. The summed E-state index contributed by atoms with van der Waals surface area (Å²) in [5, 5.41) is 8.73. The lowest BCUT2D eigenvalue weighted by molar-refractivity contribution is -0.133. The molecule has 0 unspecified atom stereocenters. The van der Waals surface area contributed by atoms with Gasteiger partial charge in [0.15, 0.2) is 0 Å². The molecular weight excluding hydrogens is 312 g/mol. The smallest absolute Gasteiger partial charge is 0.222 e. The van der Waals surface area contributed by atoms with Crippen LogP contribution in [0.5, 0.6) is 0 Å². The molecule has 4 heteroatoms. The summed E-state index contributed by atoms with van der Waals surface area (Å²) in [5.74, 6) is 0.931. The average molecular weight is 342 g/mol. The van der Waals surface area contributed by atoms with Crippen LogP contribution in [-0.2, 0) is 16.0 Å². The fraction of sp³-hybridized carbons (Fsp3) is 0.619. The normalized spacial score (nSPS) is 20.5. The Morgan fingerprint density at radius 3 is 2.76 bits per heavy atom. The number of carbonyl (C=O) groups excluding carboxylic acids is 1. The maximum absolute atomic E-state index is 12.6. The molecule has 1 saturated heterocycles. The van der Waals surface area contributed by atoms with Crippen LogP contribution in [0, 0.1) is 23.2 Å². The van der Waals surface area contributed by atoms with Gasteiger partial charge in [0.2, 0.25) is 5.91 Å². The highest BCUT2D eigenvalue weighted by atomic mass is 16.5. The van der Waals surface area contributed by atoms with Crippen LogP contribution in [0.1, 0.15) is 45.1 Å². The first kappa shape index (κ1) is 19.5. The zero-order valence-electron chi connectivity index (χ0n) is 15.7.